The number of methoxy groups -OCH3 is 1. The summed E-state index contributed by atoms with van der Waals surface area (Å²) in [5.74, 6) is 1.30. The van der Waals surface area contributed by atoms with Gasteiger partial charge in [0.15, 0.2) is 0 Å². The molecule has 0 aliphatic rings. The maximum Gasteiger partial charge on any atom is 0.134 e. The van der Waals surface area contributed by atoms with Gasteiger partial charge in [0.25, 0.3) is 0 Å². The Kier molecular flexibility index (Phi) is 4.93. The van der Waals surface area contributed by atoms with Crippen LogP contribution in [0.25, 0.3) is 11.3 Å². The average molecular weight is 277 g/mol. The fourth-order valence-corrected chi connectivity index (χ4v) is 2.08. The van der Waals surface area contributed by atoms with Crippen LogP contribution in [0.2, 0.25) is 0 Å². The molecule has 3 nitrogen and oxygen atoms in total. The summed E-state index contributed by atoms with van der Waals surface area (Å²) >= 11 is 0. The van der Waals surface area contributed by atoms with Crippen LogP contribution in [-0.2, 0) is 11.3 Å². The smallest absolute Gasteiger partial charge is 0.134 e. The zero-order chi connectivity index (χ0) is 14.5. The minimum atomic E-state index is -0.215. The molecular formula is C16H20FNO2. The zero-order valence-electron chi connectivity index (χ0n) is 12.1. The fraction of sp³-hybridized carbons (Fsp3) is 0.375. The third-order valence-electron chi connectivity index (χ3n) is 3.24. The van der Waals surface area contributed by atoms with Gasteiger partial charge in [0.05, 0.1) is 13.2 Å². The quantitative estimate of drug-likeness (QED) is 0.877. The molecule has 1 unspecified atom stereocenters. The van der Waals surface area contributed by atoms with E-state index < -0.39 is 0 Å². The molecule has 1 heterocycles. The minimum absolute atomic E-state index is 0.215. The third kappa shape index (κ3) is 3.46. The van der Waals surface area contributed by atoms with Gasteiger partial charge in [-0.1, -0.05) is 12.1 Å². The Morgan fingerprint density at radius 2 is 2.10 bits per heavy atom. The van der Waals surface area contributed by atoms with Gasteiger partial charge >= 0.3 is 0 Å². The Balaban J connectivity index is 2.07. The molecule has 1 N–H and O–H groups in total. The topological polar surface area (TPSA) is 34.4 Å². The standard InChI is InChI=1S/C16H20FNO2/c1-11(10-19-3)18-9-13-7-8-16(20-13)14-5-4-6-15(17)12(14)2/h4-8,11,18H,9-10H2,1-3H3. The van der Waals surface area contributed by atoms with E-state index in [9.17, 15) is 4.39 Å². The van der Waals surface area contributed by atoms with Gasteiger partial charge < -0.3 is 14.5 Å². The van der Waals surface area contributed by atoms with Crippen LogP contribution in [0.1, 0.15) is 18.2 Å². The Hall–Kier alpha value is -1.65. The van der Waals surface area contributed by atoms with E-state index in [2.05, 4.69) is 5.32 Å². The first-order valence-electron chi connectivity index (χ1n) is 6.68. The molecule has 1 aromatic carbocycles. The van der Waals surface area contributed by atoms with Gasteiger partial charge in [0, 0.05) is 18.7 Å². The molecule has 0 saturated carbocycles. The van der Waals surface area contributed by atoms with Crippen molar-refractivity contribution in [3.63, 3.8) is 0 Å². The highest BCUT2D eigenvalue weighted by Gasteiger charge is 2.10. The normalized spacial score (nSPS) is 12.6. The van der Waals surface area contributed by atoms with Crippen LogP contribution < -0.4 is 5.32 Å². The molecule has 0 fully saturated rings. The molecule has 0 amide bonds. The first kappa shape index (κ1) is 14.8. The summed E-state index contributed by atoms with van der Waals surface area (Å²) in [6, 6.07) is 9.05. The first-order chi connectivity index (χ1) is 9.61. The van der Waals surface area contributed by atoms with Crippen molar-refractivity contribution in [3.8, 4) is 11.3 Å². The van der Waals surface area contributed by atoms with Crippen LogP contribution >= 0.6 is 0 Å². The largest absolute Gasteiger partial charge is 0.460 e. The van der Waals surface area contributed by atoms with E-state index in [0.717, 1.165) is 11.3 Å². The lowest BCUT2D eigenvalue weighted by molar-refractivity contribution is 0.170. The predicted octanol–water partition coefficient (Wildman–Crippen LogP) is 3.52. The molecule has 20 heavy (non-hydrogen) atoms. The van der Waals surface area contributed by atoms with Crippen molar-refractivity contribution < 1.29 is 13.5 Å². The third-order valence-corrected chi connectivity index (χ3v) is 3.24. The first-order valence-corrected chi connectivity index (χ1v) is 6.68. The second-order valence-electron chi connectivity index (χ2n) is 4.92. The Morgan fingerprint density at radius 1 is 1.30 bits per heavy atom. The van der Waals surface area contributed by atoms with E-state index in [1.165, 1.54) is 6.07 Å². The second-order valence-corrected chi connectivity index (χ2v) is 4.92. The lowest BCUT2D eigenvalue weighted by Gasteiger charge is -2.11. The van der Waals surface area contributed by atoms with Crippen molar-refractivity contribution in [2.75, 3.05) is 13.7 Å². The summed E-state index contributed by atoms with van der Waals surface area (Å²) in [6.07, 6.45) is 0. The number of halogens is 1. The predicted molar refractivity (Wildman–Crippen MR) is 77.0 cm³/mol. The molecule has 4 heteroatoms. The molecule has 0 radical (unpaired) electrons. The van der Waals surface area contributed by atoms with E-state index in [0.29, 0.717) is 24.5 Å². The van der Waals surface area contributed by atoms with E-state index in [1.54, 1.807) is 20.1 Å². The van der Waals surface area contributed by atoms with Gasteiger partial charge in [-0.3, -0.25) is 0 Å². The Morgan fingerprint density at radius 3 is 2.85 bits per heavy atom. The molecule has 0 aliphatic carbocycles. The number of benzene rings is 1. The molecule has 0 aliphatic heterocycles. The van der Waals surface area contributed by atoms with Crippen molar-refractivity contribution in [2.45, 2.75) is 26.4 Å². The Bertz CT molecular complexity index is 565. The van der Waals surface area contributed by atoms with E-state index in [-0.39, 0.29) is 11.9 Å². The van der Waals surface area contributed by atoms with Crippen LogP contribution in [0.3, 0.4) is 0 Å². The van der Waals surface area contributed by atoms with Crippen LogP contribution in [0.5, 0.6) is 0 Å². The van der Waals surface area contributed by atoms with Crippen molar-refractivity contribution in [1.29, 1.82) is 0 Å². The summed E-state index contributed by atoms with van der Waals surface area (Å²) in [4.78, 5) is 0. The number of rotatable bonds is 6. The number of furan rings is 1. The van der Waals surface area contributed by atoms with E-state index in [4.69, 9.17) is 9.15 Å². The minimum Gasteiger partial charge on any atom is -0.460 e. The zero-order valence-corrected chi connectivity index (χ0v) is 12.1. The number of ether oxygens (including phenoxy) is 1. The summed E-state index contributed by atoms with van der Waals surface area (Å²) in [6.45, 7) is 5.07. The summed E-state index contributed by atoms with van der Waals surface area (Å²) in [7, 11) is 1.68. The SMILES string of the molecule is COCC(C)NCc1ccc(-c2cccc(F)c2C)o1. The van der Waals surface area contributed by atoms with Gasteiger partial charge in [-0.25, -0.2) is 4.39 Å². The van der Waals surface area contributed by atoms with E-state index >= 15 is 0 Å². The molecule has 0 bridgehead atoms. The van der Waals surface area contributed by atoms with Gasteiger partial charge in [0.2, 0.25) is 0 Å². The van der Waals surface area contributed by atoms with Gasteiger partial charge in [-0.2, -0.15) is 0 Å². The molecule has 2 aromatic rings. The second kappa shape index (κ2) is 6.68. The van der Waals surface area contributed by atoms with Crippen LogP contribution in [0, 0.1) is 12.7 Å². The lowest BCUT2D eigenvalue weighted by atomic mass is 10.1. The fourth-order valence-electron chi connectivity index (χ4n) is 2.08. The highest BCUT2D eigenvalue weighted by molar-refractivity contribution is 5.62. The lowest BCUT2D eigenvalue weighted by Crippen LogP contribution is -2.29. The van der Waals surface area contributed by atoms with Crippen LogP contribution in [0.15, 0.2) is 34.7 Å². The van der Waals surface area contributed by atoms with Gasteiger partial charge in [0.1, 0.15) is 17.3 Å². The number of hydrogen-bond donors (Lipinski definition) is 1. The molecule has 0 spiro atoms. The molecule has 2 rings (SSSR count). The number of nitrogens with one attached hydrogen (secondary N) is 1. The van der Waals surface area contributed by atoms with Crippen molar-refractivity contribution in [3.05, 3.63) is 47.5 Å². The van der Waals surface area contributed by atoms with Crippen LogP contribution in [-0.4, -0.2) is 19.8 Å². The summed E-state index contributed by atoms with van der Waals surface area (Å²) in [5.41, 5.74) is 1.40. The maximum atomic E-state index is 13.5. The van der Waals surface area contributed by atoms with Crippen molar-refractivity contribution in [1.82, 2.24) is 5.32 Å². The molecule has 1 aromatic heterocycles. The molecular weight excluding hydrogens is 257 g/mol. The van der Waals surface area contributed by atoms with E-state index in [1.807, 2.05) is 25.1 Å². The summed E-state index contributed by atoms with van der Waals surface area (Å²) in [5, 5.41) is 3.30. The number of hydrogen-bond acceptors (Lipinski definition) is 3. The van der Waals surface area contributed by atoms with Crippen molar-refractivity contribution >= 4 is 0 Å². The van der Waals surface area contributed by atoms with Gasteiger partial charge in [-0.05, 0) is 37.6 Å². The molecule has 1 atom stereocenters. The monoisotopic (exact) mass is 277 g/mol. The summed E-state index contributed by atoms with van der Waals surface area (Å²) < 4.78 is 24.4. The molecule has 108 valence electrons. The van der Waals surface area contributed by atoms with Crippen molar-refractivity contribution in [2.24, 2.45) is 0 Å². The van der Waals surface area contributed by atoms with Gasteiger partial charge in [-0.15, -0.1) is 0 Å². The Labute approximate surface area is 118 Å². The highest BCUT2D eigenvalue weighted by atomic mass is 19.1. The highest BCUT2D eigenvalue weighted by Crippen LogP contribution is 2.26. The van der Waals surface area contributed by atoms with Crippen LogP contribution in [0.4, 0.5) is 4.39 Å². The molecule has 0 saturated heterocycles. The average Bonchev–Trinajstić information content (AvgIpc) is 2.89. The maximum absolute atomic E-state index is 13.5.